The molecule has 0 spiro atoms. The Morgan fingerprint density at radius 3 is 2.96 bits per heavy atom. The fourth-order valence-electron chi connectivity index (χ4n) is 2.26. The maximum Gasteiger partial charge on any atom is 0.241 e. The van der Waals surface area contributed by atoms with E-state index in [0.29, 0.717) is 17.9 Å². The predicted octanol–water partition coefficient (Wildman–Crippen LogP) is 2.58. The minimum atomic E-state index is -3.68. The zero-order valence-corrected chi connectivity index (χ0v) is 14.0. The topological polar surface area (TPSA) is 88.4 Å². The molecule has 122 valence electrons. The number of sulfonamides is 1. The van der Waals surface area contributed by atoms with E-state index in [9.17, 15) is 13.2 Å². The lowest BCUT2D eigenvalue weighted by molar-refractivity contribution is -0.116. The standard InChI is InChI=1S/C15H16N2O4S2/c1-10-7-15(18)17-13-8-12(4-5-14(13)22-10)23(19,20)16-9-11-3-2-6-21-11/h2-6,8,10,16H,7,9H2,1H3,(H,17,18). The molecule has 0 bridgehead atoms. The van der Waals surface area contributed by atoms with Gasteiger partial charge in [-0.05, 0) is 30.3 Å². The third-order valence-corrected chi connectivity index (χ3v) is 5.93. The molecule has 0 radical (unpaired) electrons. The minimum absolute atomic E-state index is 0.0740. The lowest BCUT2D eigenvalue weighted by Gasteiger charge is -2.10. The van der Waals surface area contributed by atoms with Crippen LogP contribution in [0.4, 0.5) is 5.69 Å². The molecule has 0 fully saturated rings. The number of amides is 1. The number of thioether (sulfide) groups is 1. The highest BCUT2D eigenvalue weighted by molar-refractivity contribution is 8.00. The number of hydrogen-bond donors (Lipinski definition) is 2. The molecule has 0 saturated heterocycles. The molecule has 1 aliphatic heterocycles. The van der Waals surface area contributed by atoms with Crippen LogP contribution in [0.15, 0.2) is 50.8 Å². The van der Waals surface area contributed by atoms with Crippen LogP contribution < -0.4 is 10.0 Å². The second-order valence-corrected chi connectivity index (χ2v) is 8.49. The fraction of sp³-hybridized carbons (Fsp3) is 0.267. The number of hydrogen-bond acceptors (Lipinski definition) is 5. The van der Waals surface area contributed by atoms with Crippen molar-refractivity contribution in [3.05, 3.63) is 42.4 Å². The second kappa shape index (κ2) is 6.38. The van der Waals surface area contributed by atoms with Crippen molar-refractivity contribution < 1.29 is 17.6 Å². The number of carbonyl (C=O) groups is 1. The Labute approximate surface area is 138 Å². The highest BCUT2D eigenvalue weighted by Gasteiger charge is 2.22. The first kappa shape index (κ1) is 16.1. The zero-order chi connectivity index (χ0) is 16.4. The van der Waals surface area contributed by atoms with E-state index in [0.717, 1.165) is 4.90 Å². The number of nitrogens with one attached hydrogen (secondary N) is 2. The van der Waals surface area contributed by atoms with E-state index in [4.69, 9.17) is 4.42 Å². The van der Waals surface area contributed by atoms with Crippen molar-refractivity contribution in [2.75, 3.05) is 5.32 Å². The normalized spacial score (nSPS) is 18.1. The summed E-state index contributed by atoms with van der Waals surface area (Å²) < 4.78 is 32.3. The molecule has 1 atom stereocenters. The van der Waals surface area contributed by atoms with Crippen LogP contribution in [0.2, 0.25) is 0 Å². The largest absolute Gasteiger partial charge is 0.468 e. The first-order valence-electron chi connectivity index (χ1n) is 7.06. The van der Waals surface area contributed by atoms with Crippen LogP contribution in [0.5, 0.6) is 0 Å². The molecule has 0 saturated carbocycles. The highest BCUT2D eigenvalue weighted by Crippen LogP contribution is 2.36. The Hall–Kier alpha value is -1.77. The van der Waals surface area contributed by atoms with Gasteiger partial charge in [-0.2, -0.15) is 0 Å². The number of carbonyl (C=O) groups excluding carboxylic acids is 1. The van der Waals surface area contributed by atoms with Crippen LogP contribution >= 0.6 is 11.8 Å². The number of rotatable bonds is 4. The van der Waals surface area contributed by atoms with E-state index < -0.39 is 10.0 Å². The number of furan rings is 1. The van der Waals surface area contributed by atoms with Gasteiger partial charge in [-0.25, -0.2) is 13.1 Å². The van der Waals surface area contributed by atoms with Crippen LogP contribution in [0.3, 0.4) is 0 Å². The summed E-state index contributed by atoms with van der Waals surface area (Å²) in [4.78, 5) is 12.8. The molecule has 1 aliphatic rings. The van der Waals surface area contributed by atoms with Crippen LogP contribution in [0, 0.1) is 0 Å². The SMILES string of the molecule is CC1CC(=O)Nc2cc(S(=O)(=O)NCc3ccco3)ccc2S1. The molecule has 2 aromatic rings. The summed E-state index contributed by atoms with van der Waals surface area (Å²) in [5.41, 5.74) is 0.533. The second-order valence-electron chi connectivity index (χ2n) is 5.24. The van der Waals surface area contributed by atoms with Gasteiger partial charge in [0, 0.05) is 16.6 Å². The van der Waals surface area contributed by atoms with E-state index in [2.05, 4.69) is 10.0 Å². The van der Waals surface area contributed by atoms with Gasteiger partial charge in [0.25, 0.3) is 0 Å². The Kier molecular flexibility index (Phi) is 4.47. The van der Waals surface area contributed by atoms with Crippen LogP contribution in [0.25, 0.3) is 0 Å². The van der Waals surface area contributed by atoms with E-state index in [-0.39, 0.29) is 22.6 Å². The van der Waals surface area contributed by atoms with Crippen molar-refractivity contribution >= 4 is 33.4 Å². The minimum Gasteiger partial charge on any atom is -0.468 e. The molecule has 6 nitrogen and oxygen atoms in total. The van der Waals surface area contributed by atoms with Crippen molar-refractivity contribution in [3.8, 4) is 0 Å². The van der Waals surface area contributed by atoms with Crippen LogP contribution in [0.1, 0.15) is 19.1 Å². The van der Waals surface area contributed by atoms with Gasteiger partial charge < -0.3 is 9.73 Å². The van der Waals surface area contributed by atoms with E-state index >= 15 is 0 Å². The quantitative estimate of drug-likeness (QED) is 0.883. The van der Waals surface area contributed by atoms with Crippen molar-refractivity contribution in [3.63, 3.8) is 0 Å². The molecule has 23 heavy (non-hydrogen) atoms. The van der Waals surface area contributed by atoms with Gasteiger partial charge >= 0.3 is 0 Å². The molecule has 2 heterocycles. The number of anilines is 1. The van der Waals surface area contributed by atoms with Crippen molar-refractivity contribution in [1.82, 2.24) is 4.72 Å². The van der Waals surface area contributed by atoms with Crippen molar-refractivity contribution in [2.45, 2.75) is 34.9 Å². The number of fused-ring (bicyclic) bond motifs is 1. The summed E-state index contributed by atoms with van der Waals surface area (Å²) in [6.07, 6.45) is 1.89. The molecule has 1 amide bonds. The van der Waals surface area contributed by atoms with Crippen LogP contribution in [-0.4, -0.2) is 19.6 Å². The Balaban J connectivity index is 1.84. The van der Waals surface area contributed by atoms with Gasteiger partial charge in [0.2, 0.25) is 15.9 Å². The summed E-state index contributed by atoms with van der Waals surface area (Å²) in [6.45, 7) is 2.04. The third kappa shape index (κ3) is 3.77. The van der Waals surface area contributed by atoms with Crippen molar-refractivity contribution in [2.24, 2.45) is 0 Å². The first-order chi connectivity index (χ1) is 10.9. The van der Waals surface area contributed by atoms with Gasteiger partial charge in [-0.1, -0.05) is 6.92 Å². The monoisotopic (exact) mass is 352 g/mol. The Bertz CT molecular complexity index is 816. The fourth-order valence-corrected chi connectivity index (χ4v) is 4.33. The molecule has 1 unspecified atom stereocenters. The Morgan fingerprint density at radius 2 is 2.22 bits per heavy atom. The van der Waals surface area contributed by atoms with Gasteiger partial charge in [0.05, 0.1) is 23.4 Å². The average molecular weight is 352 g/mol. The maximum absolute atomic E-state index is 12.4. The average Bonchev–Trinajstić information content (AvgIpc) is 2.95. The lowest BCUT2D eigenvalue weighted by atomic mass is 10.3. The van der Waals surface area contributed by atoms with Gasteiger partial charge in [0.15, 0.2) is 0 Å². The smallest absolute Gasteiger partial charge is 0.241 e. The first-order valence-corrected chi connectivity index (χ1v) is 9.43. The molecule has 2 N–H and O–H groups in total. The maximum atomic E-state index is 12.4. The molecular formula is C15H16N2O4S2. The summed E-state index contributed by atoms with van der Waals surface area (Å²) in [5.74, 6) is 0.419. The van der Waals surface area contributed by atoms with Gasteiger partial charge in [-0.15, -0.1) is 11.8 Å². The van der Waals surface area contributed by atoms with E-state index in [1.807, 2.05) is 6.92 Å². The van der Waals surface area contributed by atoms with Crippen molar-refractivity contribution in [1.29, 1.82) is 0 Å². The molecule has 1 aromatic carbocycles. The predicted molar refractivity (Wildman–Crippen MR) is 87.7 cm³/mol. The summed E-state index contributed by atoms with van der Waals surface area (Å²) in [5, 5.41) is 2.91. The Morgan fingerprint density at radius 1 is 1.39 bits per heavy atom. The summed E-state index contributed by atoms with van der Waals surface area (Å²) in [7, 11) is -3.68. The molecular weight excluding hydrogens is 336 g/mol. The zero-order valence-electron chi connectivity index (χ0n) is 12.4. The highest BCUT2D eigenvalue weighted by atomic mass is 32.2. The van der Waals surface area contributed by atoms with Gasteiger partial charge in [-0.3, -0.25) is 4.79 Å². The van der Waals surface area contributed by atoms with E-state index in [1.165, 1.54) is 12.3 Å². The van der Waals surface area contributed by atoms with Crippen LogP contribution in [-0.2, 0) is 21.4 Å². The lowest BCUT2D eigenvalue weighted by Crippen LogP contribution is -2.23. The van der Waals surface area contributed by atoms with Gasteiger partial charge in [0.1, 0.15) is 5.76 Å². The molecule has 8 heteroatoms. The molecule has 0 aliphatic carbocycles. The molecule has 1 aromatic heterocycles. The van der Waals surface area contributed by atoms with E-state index in [1.54, 1.807) is 36.0 Å². The number of benzene rings is 1. The third-order valence-electron chi connectivity index (χ3n) is 3.35. The summed E-state index contributed by atoms with van der Waals surface area (Å²) >= 11 is 1.55. The molecule has 3 rings (SSSR count). The summed E-state index contributed by atoms with van der Waals surface area (Å²) in [6, 6.07) is 8.14.